The summed E-state index contributed by atoms with van der Waals surface area (Å²) in [6.45, 7) is 3.59. The minimum atomic E-state index is -3.69. The number of aryl methyl sites for hydroxylation is 2. The SMILES string of the molecule is Cc1cc(NS(=O)(=O)c2ccc(-c3ccccc3)c(C)c2)no1. The highest BCUT2D eigenvalue weighted by atomic mass is 32.2. The first-order chi connectivity index (χ1) is 11.0. The predicted molar refractivity (Wildman–Crippen MR) is 88.7 cm³/mol. The molecule has 3 aromatic rings. The predicted octanol–water partition coefficient (Wildman–Crippen LogP) is 3.76. The van der Waals surface area contributed by atoms with Crippen LogP contribution in [0.3, 0.4) is 0 Å². The quantitative estimate of drug-likeness (QED) is 0.791. The van der Waals surface area contributed by atoms with E-state index in [2.05, 4.69) is 9.88 Å². The Morgan fingerprint density at radius 2 is 1.74 bits per heavy atom. The van der Waals surface area contributed by atoms with Crippen LogP contribution in [0.4, 0.5) is 5.82 Å². The van der Waals surface area contributed by atoms with E-state index in [0.29, 0.717) is 5.76 Å². The van der Waals surface area contributed by atoms with Gasteiger partial charge in [0.25, 0.3) is 10.0 Å². The van der Waals surface area contributed by atoms with Gasteiger partial charge in [0.1, 0.15) is 5.76 Å². The highest BCUT2D eigenvalue weighted by molar-refractivity contribution is 7.92. The molecule has 2 aromatic carbocycles. The van der Waals surface area contributed by atoms with Crippen molar-refractivity contribution in [1.82, 2.24) is 5.16 Å². The second kappa shape index (κ2) is 5.89. The van der Waals surface area contributed by atoms with E-state index >= 15 is 0 Å². The van der Waals surface area contributed by atoms with Crippen molar-refractivity contribution in [3.63, 3.8) is 0 Å². The zero-order valence-electron chi connectivity index (χ0n) is 12.8. The van der Waals surface area contributed by atoms with Crippen molar-refractivity contribution >= 4 is 15.8 Å². The van der Waals surface area contributed by atoms with E-state index in [-0.39, 0.29) is 10.7 Å². The second-order valence-electron chi connectivity index (χ2n) is 5.27. The lowest BCUT2D eigenvalue weighted by molar-refractivity contribution is 0.400. The summed E-state index contributed by atoms with van der Waals surface area (Å²) in [6, 6.07) is 16.4. The summed E-state index contributed by atoms with van der Waals surface area (Å²) in [7, 11) is -3.69. The van der Waals surface area contributed by atoms with Crippen molar-refractivity contribution in [3.05, 3.63) is 65.9 Å². The molecule has 0 fully saturated rings. The third kappa shape index (κ3) is 3.27. The van der Waals surface area contributed by atoms with Gasteiger partial charge >= 0.3 is 0 Å². The first kappa shape index (κ1) is 15.3. The van der Waals surface area contributed by atoms with Gasteiger partial charge < -0.3 is 4.52 Å². The molecule has 118 valence electrons. The fourth-order valence-corrected chi connectivity index (χ4v) is 3.42. The van der Waals surface area contributed by atoms with Crippen molar-refractivity contribution in [2.75, 3.05) is 4.72 Å². The molecule has 0 atom stereocenters. The molecule has 0 amide bonds. The summed E-state index contributed by atoms with van der Waals surface area (Å²) in [5.74, 6) is 0.714. The maximum Gasteiger partial charge on any atom is 0.263 e. The molecule has 3 rings (SSSR count). The Hall–Kier alpha value is -2.60. The number of nitrogens with zero attached hydrogens (tertiary/aromatic N) is 1. The number of rotatable bonds is 4. The highest BCUT2D eigenvalue weighted by Crippen LogP contribution is 2.26. The molecule has 0 aliphatic carbocycles. The summed E-state index contributed by atoms with van der Waals surface area (Å²) in [5, 5.41) is 3.65. The zero-order chi connectivity index (χ0) is 16.4. The minimum absolute atomic E-state index is 0.173. The fourth-order valence-electron chi connectivity index (χ4n) is 2.36. The van der Waals surface area contributed by atoms with Gasteiger partial charge in [0.15, 0.2) is 5.82 Å². The number of sulfonamides is 1. The van der Waals surface area contributed by atoms with Gasteiger partial charge in [-0.3, -0.25) is 4.72 Å². The van der Waals surface area contributed by atoms with E-state index < -0.39 is 10.0 Å². The molecule has 1 heterocycles. The lowest BCUT2D eigenvalue weighted by Gasteiger charge is -2.10. The Bertz CT molecular complexity index is 931. The van der Waals surface area contributed by atoms with Crippen LogP contribution >= 0.6 is 0 Å². The molecule has 0 bridgehead atoms. The number of aromatic nitrogens is 1. The van der Waals surface area contributed by atoms with Crippen molar-refractivity contribution < 1.29 is 12.9 Å². The molecule has 0 radical (unpaired) electrons. The van der Waals surface area contributed by atoms with Crippen LogP contribution in [0.5, 0.6) is 0 Å². The normalized spacial score (nSPS) is 11.4. The molecular formula is C17H16N2O3S. The van der Waals surface area contributed by atoms with Crippen LogP contribution in [-0.4, -0.2) is 13.6 Å². The minimum Gasteiger partial charge on any atom is -0.360 e. The Morgan fingerprint density at radius 3 is 2.35 bits per heavy atom. The first-order valence-electron chi connectivity index (χ1n) is 7.08. The molecule has 1 N–H and O–H groups in total. The fraction of sp³-hybridized carbons (Fsp3) is 0.118. The number of nitrogens with one attached hydrogen (secondary N) is 1. The van der Waals surface area contributed by atoms with E-state index in [1.165, 1.54) is 6.07 Å². The van der Waals surface area contributed by atoms with Crippen molar-refractivity contribution in [2.24, 2.45) is 0 Å². The summed E-state index contributed by atoms with van der Waals surface area (Å²) < 4.78 is 32.1. The third-order valence-electron chi connectivity index (χ3n) is 3.46. The zero-order valence-corrected chi connectivity index (χ0v) is 13.6. The molecular weight excluding hydrogens is 312 g/mol. The van der Waals surface area contributed by atoms with E-state index in [0.717, 1.165) is 16.7 Å². The smallest absolute Gasteiger partial charge is 0.263 e. The first-order valence-corrected chi connectivity index (χ1v) is 8.56. The summed E-state index contributed by atoms with van der Waals surface area (Å²) >= 11 is 0. The highest BCUT2D eigenvalue weighted by Gasteiger charge is 2.17. The largest absolute Gasteiger partial charge is 0.360 e. The van der Waals surface area contributed by atoms with Gasteiger partial charge in [-0.2, -0.15) is 0 Å². The lowest BCUT2D eigenvalue weighted by atomic mass is 10.0. The number of hydrogen-bond donors (Lipinski definition) is 1. The average molecular weight is 328 g/mol. The van der Waals surface area contributed by atoms with E-state index in [1.54, 1.807) is 19.1 Å². The van der Waals surface area contributed by atoms with Crippen LogP contribution in [-0.2, 0) is 10.0 Å². The van der Waals surface area contributed by atoms with Crippen LogP contribution in [0.2, 0.25) is 0 Å². The van der Waals surface area contributed by atoms with Gasteiger partial charge in [0.05, 0.1) is 4.90 Å². The Labute approximate surface area is 135 Å². The molecule has 0 aliphatic rings. The summed E-state index contributed by atoms with van der Waals surface area (Å²) in [6.07, 6.45) is 0. The molecule has 1 aromatic heterocycles. The number of benzene rings is 2. The monoisotopic (exact) mass is 328 g/mol. The average Bonchev–Trinajstić information content (AvgIpc) is 2.92. The van der Waals surface area contributed by atoms with E-state index in [4.69, 9.17) is 4.52 Å². The van der Waals surface area contributed by atoms with Crippen molar-refractivity contribution in [3.8, 4) is 11.1 Å². The van der Waals surface area contributed by atoms with E-state index in [1.807, 2.05) is 43.3 Å². The van der Waals surface area contributed by atoms with Crippen LogP contribution in [0.1, 0.15) is 11.3 Å². The van der Waals surface area contributed by atoms with Crippen LogP contribution in [0.15, 0.2) is 64.0 Å². The van der Waals surface area contributed by atoms with Crippen molar-refractivity contribution in [1.29, 1.82) is 0 Å². The molecule has 0 aliphatic heterocycles. The van der Waals surface area contributed by atoms with Gasteiger partial charge in [-0.15, -0.1) is 0 Å². The Balaban J connectivity index is 1.93. The lowest BCUT2D eigenvalue weighted by Crippen LogP contribution is -2.13. The molecule has 0 saturated heterocycles. The van der Waals surface area contributed by atoms with Crippen molar-refractivity contribution in [2.45, 2.75) is 18.7 Å². The summed E-state index contributed by atoms with van der Waals surface area (Å²) in [5.41, 5.74) is 2.94. The van der Waals surface area contributed by atoms with Gasteiger partial charge in [0, 0.05) is 6.07 Å². The van der Waals surface area contributed by atoms with Gasteiger partial charge in [-0.1, -0.05) is 41.6 Å². The molecule has 6 heteroatoms. The van der Waals surface area contributed by atoms with Crippen LogP contribution < -0.4 is 4.72 Å². The van der Waals surface area contributed by atoms with Gasteiger partial charge in [-0.05, 0) is 42.7 Å². The number of anilines is 1. The van der Waals surface area contributed by atoms with E-state index in [9.17, 15) is 8.42 Å². The molecule has 0 unspecified atom stereocenters. The maximum atomic E-state index is 12.4. The van der Waals surface area contributed by atoms with Gasteiger partial charge in [-0.25, -0.2) is 8.42 Å². The van der Waals surface area contributed by atoms with Crippen LogP contribution in [0.25, 0.3) is 11.1 Å². The Morgan fingerprint density at radius 1 is 1.00 bits per heavy atom. The standard InChI is InChI=1S/C17H16N2O3S/c1-12-10-15(8-9-16(12)14-6-4-3-5-7-14)23(20,21)19-17-11-13(2)22-18-17/h3-11H,1-2H3,(H,18,19). The molecule has 0 saturated carbocycles. The molecule has 0 spiro atoms. The van der Waals surface area contributed by atoms with Gasteiger partial charge in [0.2, 0.25) is 0 Å². The van der Waals surface area contributed by atoms with Crippen LogP contribution in [0, 0.1) is 13.8 Å². The summed E-state index contributed by atoms with van der Waals surface area (Å²) in [4.78, 5) is 0.190. The maximum absolute atomic E-state index is 12.4. The molecule has 5 nitrogen and oxygen atoms in total. The Kier molecular flexibility index (Phi) is 3.92. The third-order valence-corrected chi connectivity index (χ3v) is 4.81. The number of hydrogen-bond acceptors (Lipinski definition) is 4. The topological polar surface area (TPSA) is 72.2 Å². The molecule has 23 heavy (non-hydrogen) atoms. The second-order valence-corrected chi connectivity index (χ2v) is 6.95.